The number of aromatic nitrogens is 3. The van der Waals surface area contributed by atoms with Crippen LogP contribution in [0, 0.1) is 17.7 Å². The number of anilines is 1. The third-order valence-electron chi connectivity index (χ3n) is 7.98. The highest BCUT2D eigenvalue weighted by atomic mass is 32.2. The second-order valence-corrected chi connectivity index (χ2v) is 12.0. The quantitative estimate of drug-likeness (QED) is 0.480. The minimum atomic E-state index is -3.39. The van der Waals surface area contributed by atoms with Gasteiger partial charge in [0.05, 0.1) is 28.8 Å². The molecule has 2 aromatic heterocycles. The second kappa shape index (κ2) is 9.31. The number of nitrogens with zero attached hydrogens (tertiary/aromatic N) is 4. The van der Waals surface area contributed by atoms with Crippen LogP contribution in [-0.4, -0.2) is 53.7 Å². The van der Waals surface area contributed by atoms with Crippen molar-refractivity contribution in [2.24, 2.45) is 18.9 Å². The van der Waals surface area contributed by atoms with Crippen LogP contribution in [0.1, 0.15) is 42.5 Å². The molecule has 9 nitrogen and oxygen atoms in total. The molecule has 0 amide bonds. The Hall–Kier alpha value is -3.03. The van der Waals surface area contributed by atoms with Gasteiger partial charge in [0.1, 0.15) is 29.2 Å². The molecule has 0 radical (unpaired) electrons. The summed E-state index contributed by atoms with van der Waals surface area (Å²) < 4.78 is 74.4. The summed E-state index contributed by atoms with van der Waals surface area (Å²) >= 11 is 0. The summed E-state index contributed by atoms with van der Waals surface area (Å²) in [6.07, 6.45) is 0.187. The third kappa shape index (κ3) is 3.98. The monoisotopic (exact) mass is 551 g/mol. The van der Waals surface area contributed by atoms with Crippen molar-refractivity contribution in [3.8, 4) is 0 Å². The molecule has 3 heterocycles. The van der Waals surface area contributed by atoms with E-state index in [2.05, 4.69) is 15.3 Å². The average Bonchev–Trinajstić information content (AvgIpc) is 2.87. The number of piperidine rings is 2. The molecule has 1 saturated heterocycles. The molecule has 2 aliphatic rings. The number of methoxy groups -OCH3 is 1. The van der Waals surface area contributed by atoms with Gasteiger partial charge in [0, 0.05) is 44.6 Å². The normalized spacial score (nSPS) is 24.4. The standard InChI is InChI=1S/C25H28F3N5O4S/c1-13(16-6-5-7-17(20(16)26)21(27)28)31-22-18-9-19(24(34)32(2)23(18)30-12-29-22)25(37-3)14-8-15(25)11-33(10-14)38(4,35)36/h5-7,9,12-15,21H,8,10-11H2,1-4H3,(H,29,30,31)/t13-,14?,15?,25?/m1/s1. The molecule has 0 spiro atoms. The van der Waals surface area contributed by atoms with Crippen molar-refractivity contribution in [2.75, 3.05) is 31.8 Å². The molecule has 1 aromatic carbocycles. The first-order chi connectivity index (χ1) is 17.9. The van der Waals surface area contributed by atoms with E-state index in [0.29, 0.717) is 23.0 Å². The largest absolute Gasteiger partial charge is 0.373 e. The number of benzene rings is 1. The van der Waals surface area contributed by atoms with Crippen molar-refractivity contribution >= 4 is 26.9 Å². The van der Waals surface area contributed by atoms with Crippen LogP contribution in [0.2, 0.25) is 0 Å². The first-order valence-electron chi connectivity index (χ1n) is 12.1. The summed E-state index contributed by atoms with van der Waals surface area (Å²) in [7, 11) is -0.309. The lowest BCUT2D eigenvalue weighted by Crippen LogP contribution is -2.67. The molecular weight excluding hydrogens is 523 g/mol. The van der Waals surface area contributed by atoms with E-state index < -0.39 is 39.5 Å². The van der Waals surface area contributed by atoms with Gasteiger partial charge in [0.15, 0.2) is 0 Å². The summed E-state index contributed by atoms with van der Waals surface area (Å²) in [6.45, 7) is 2.09. The van der Waals surface area contributed by atoms with Crippen molar-refractivity contribution < 1.29 is 26.3 Å². The number of ether oxygens (including phenoxy) is 1. The smallest absolute Gasteiger partial charge is 0.266 e. The molecule has 1 aliphatic carbocycles. The van der Waals surface area contributed by atoms with E-state index in [1.165, 1.54) is 34.4 Å². The van der Waals surface area contributed by atoms with Gasteiger partial charge in [-0.3, -0.25) is 9.36 Å². The van der Waals surface area contributed by atoms with E-state index in [-0.39, 0.29) is 41.9 Å². The predicted octanol–water partition coefficient (Wildman–Crippen LogP) is 3.33. The van der Waals surface area contributed by atoms with E-state index in [4.69, 9.17) is 4.74 Å². The lowest BCUT2D eigenvalue weighted by molar-refractivity contribution is -0.211. The van der Waals surface area contributed by atoms with Gasteiger partial charge in [0.25, 0.3) is 12.0 Å². The topological polar surface area (TPSA) is 106 Å². The molecule has 1 aliphatic heterocycles. The zero-order valence-electron chi connectivity index (χ0n) is 21.3. The molecule has 1 saturated carbocycles. The lowest BCUT2D eigenvalue weighted by Gasteiger charge is -2.60. The van der Waals surface area contributed by atoms with E-state index >= 15 is 0 Å². The maximum Gasteiger partial charge on any atom is 0.266 e. The third-order valence-corrected chi connectivity index (χ3v) is 9.21. The Morgan fingerprint density at radius 1 is 1.18 bits per heavy atom. The van der Waals surface area contributed by atoms with Gasteiger partial charge < -0.3 is 10.1 Å². The number of nitrogens with one attached hydrogen (secondary N) is 1. The van der Waals surface area contributed by atoms with Gasteiger partial charge in [-0.05, 0) is 19.4 Å². The molecule has 1 N–H and O–H groups in total. The highest BCUT2D eigenvalue weighted by molar-refractivity contribution is 7.88. The Morgan fingerprint density at radius 2 is 1.84 bits per heavy atom. The van der Waals surface area contributed by atoms with Crippen LogP contribution in [0.4, 0.5) is 19.0 Å². The number of halogens is 3. The fourth-order valence-electron chi connectivity index (χ4n) is 6.03. The molecule has 2 unspecified atom stereocenters. The van der Waals surface area contributed by atoms with Gasteiger partial charge in [0.2, 0.25) is 10.0 Å². The summed E-state index contributed by atoms with van der Waals surface area (Å²) in [5.41, 5.74) is -1.27. The van der Waals surface area contributed by atoms with Crippen LogP contribution in [0.5, 0.6) is 0 Å². The fraction of sp³-hybridized carbons (Fsp3) is 0.480. The fourth-order valence-corrected chi connectivity index (χ4v) is 6.93. The van der Waals surface area contributed by atoms with Crippen molar-refractivity contribution in [3.05, 3.63) is 63.5 Å². The van der Waals surface area contributed by atoms with E-state index in [1.54, 1.807) is 20.0 Å². The summed E-state index contributed by atoms with van der Waals surface area (Å²) in [6, 6.07) is 4.75. The van der Waals surface area contributed by atoms with Gasteiger partial charge in [-0.1, -0.05) is 18.2 Å². The first kappa shape index (κ1) is 26.6. The van der Waals surface area contributed by atoms with Crippen molar-refractivity contribution in [1.29, 1.82) is 0 Å². The van der Waals surface area contributed by atoms with Crippen LogP contribution >= 0.6 is 0 Å². The number of hydrogen-bond acceptors (Lipinski definition) is 7. The number of hydrogen-bond donors (Lipinski definition) is 1. The Morgan fingerprint density at radius 3 is 2.45 bits per heavy atom. The molecule has 5 rings (SSSR count). The van der Waals surface area contributed by atoms with Crippen LogP contribution < -0.4 is 10.9 Å². The number of sulfonamides is 1. The Kier molecular flexibility index (Phi) is 6.51. The van der Waals surface area contributed by atoms with Crippen molar-refractivity contribution in [2.45, 2.75) is 31.4 Å². The number of pyridine rings is 1. The minimum Gasteiger partial charge on any atom is -0.373 e. The van der Waals surface area contributed by atoms with Gasteiger partial charge >= 0.3 is 0 Å². The first-order valence-corrected chi connectivity index (χ1v) is 13.9. The lowest BCUT2D eigenvalue weighted by atomic mass is 9.55. The summed E-state index contributed by atoms with van der Waals surface area (Å²) in [4.78, 5) is 22.1. The Balaban J connectivity index is 1.58. The summed E-state index contributed by atoms with van der Waals surface area (Å²) in [5.74, 6) is -1.16. The molecule has 2 fully saturated rings. The minimum absolute atomic E-state index is 0.0439. The maximum absolute atomic E-state index is 14.8. The van der Waals surface area contributed by atoms with Crippen LogP contribution in [0.3, 0.4) is 0 Å². The SMILES string of the molecule is COC1(c2cc3c(N[C@H](C)c4cccc(C(F)F)c4F)ncnc3n(C)c2=O)C2CC1CN(S(C)(=O)=O)C2. The Bertz CT molecular complexity index is 1570. The molecule has 3 aromatic rings. The second-order valence-electron chi connectivity index (χ2n) is 10.0. The number of aryl methyl sites for hydroxylation is 1. The highest BCUT2D eigenvalue weighted by Crippen LogP contribution is 2.57. The number of rotatable bonds is 7. The maximum atomic E-state index is 14.8. The molecule has 204 valence electrons. The Labute approximate surface area is 217 Å². The predicted molar refractivity (Wildman–Crippen MR) is 135 cm³/mol. The van der Waals surface area contributed by atoms with Crippen LogP contribution in [0.15, 0.2) is 35.4 Å². The van der Waals surface area contributed by atoms with Crippen LogP contribution in [-0.2, 0) is 27.4 Å². The van der Waals surface area contributed by atoms with E-state index in [1.807, 2.05) is 0 Å². The van der Waals surface area contributed by atoms with Crippen LogP contribution in [0.25, 0.3) is 11.0 Å². The number of fused-ring (bicyclic) bond motifs is 3. The molecule has 2 bridgehead atoms. The van der Waals surface area contributed by atoms with Gasteiger partial charge in [-0.25, -0.2) is 35.9 Å². The average molecular weight is 552 g/mol. The molecule has 38 heavy (non-hydrogen) atoms. The summed E-state index contributed by atoms with van der Waals surface area (Å²) in [5, 5.41) is 3.55. The van der Waals surface area contributed by atoms with Crippen molar-refractivity contribution in [1.82, 2.24) is 18.8 Å². The van der Waals surface area contributed by atoms with E-state index in [0.717, 1.165) is 12.3 Å². The molecule has 3 atom stereocenters. The number of alkyl halides is 2. The zero-order valence-corrected chi connectivity index (χ0v) is 22.1. The van der Waals surface area contributed by atoms with E-state index in [9.17, 15) is 26.4 Å². The molecule has 13 heteroatoms. The highest BCUT2D eigenvalue weighted by Gasteiger charge is 2.62. The van der Waals surface area contributed by atoms with Gasteiger partial charge in [-0.2, -0.15) is 0 Å². The van der Waals surface area contributed by atoms with Gasteiger partial charge in [-0.15, -0.1) is 0 Å². The molecular formula is C25H28F3N5O4S. The van der Waals surface area contributed by atoms with Crippen molar-refractivity contribution in [3.63, 3.8) is 0 Å². The zero-order chi connectivity index (χ0) is 27.6.